The van der Waals surface area contributed by atoms with E-state index in [0.717, 1.165) is 17.5 Å². The maximum atomic E-state index is 12.6. The molecule has 1 aromatic carbocycles. The van der Waals surface area contributed by atoms with Crippen molar-refractivity contribution < 1.29 is 9.53 Å². The fraction of sp³-hybridized carbons (Fsp3) is 0.333. The minimum atomic E-state index is -0.0403. The number of hydrogen-bond acceptors (Lipinski definition) is 3. The van der Waals surface area contributed by atoms with Crippen LogP contribution in [0, 0.1) is 6.92 Å². The molecule has 0 spiro atoms. The van der Waals surface area contributed by atoms with Gasteiger partial charge in [0.2, 0.25) is 0 Å². The van der Waals surface area contributed by atoms with Crippen LogP contribution in [0.2, 0.25) is 5.02 Å². The summed E-state index contributed by atoms with van der Waals surface area (Å²) in [5.74, 6) is 0.573. The third-order valence-corrected chi connectivity index (χ3v) is 3.94. The van der Waals surface area contributed by atoms with Gasteiger partial charge >= 0.3 is 0 Å². The molecule has 0 fully saturated rings. The number of nitrogens with zero attached hydrogens (tertiary/aromatic N) is 2. The molecule has 0 unspecified atom stereocenters. The zero-order chi connectivity index (χ0) is 16.8. The predicted octanol–water partition coefficient (Wildman–Crippen LogP) is 3.76. The molecule has 5 heteroatoms. The highest BCUT2D eigenvalue weighted by atomic mass is 35.5. The van der Waals surface area contributed by atoms with Crippen LogP contribution in [0.1, 0.15) is 28.4 Å². The lowest BCUT2D eigenvalue weighted by molar-refractivity contribution is 0.0796. The Bertz CT molecular complexity index is 674. The van der Waals surface area contributed by atoms with E-state index < -0.39 is 0 Å². The Kier molecular flexibility index (Phi) is 5.99. The Morgan fingerprint density at radius 1 is 1.30 bits per heavy atom. The first-order valence-corrected chi connectivity index (χ1v) is 7.98. The fourth-order valence-electron chi connectivity index (χ4n) is 2.30. The first-order valence-electron chi connectivity index (χ1n) is 7.60. The molecule has 1 heterocycles. The largest absolute Gasteiger partial charge is 0.492 e. The number of carbonyl (C=O) groups excluding carboxylic acids is 1. The summed E-state index contributed by atoms with van der Waals surface area (Å²) < 4.78 is 5.46. The Morgan fingerprint density at radius 2 is 2.00 bits per heavy atom. The Labute approximate surface area is 142 Å². The lowest BCUT2D eigenvalue weighted by Gasteiger charge is -2.19. The lowest BCUT2D eigenvalue weighted by Crippen LogP contribution is -2.29. The van der Waals surface area contributed by atoms with E-state index in [0.29, 0.717) is 29.5 Å². The third-order valence-electron chi connectivity index (χ3n) is 3.64. The summed E-state index contributed by atoms with van der Waals surface area (Å²) in [7, 11) is 1.80. The minimum Gasteiger partial charge on any atom is -0.492 e. The highest BCUT2D eigenvalue weighted by Crippen LogP contribution is 2.28. The number of amides is 1. The van der Waals surface area contributed by atoms with Crippen LogP contribution in [-0.4, -0.2) is 36.0 Å². The number of aromatic nitrogens is 1. The molecule has 2 rings (SSSR count). The molecule has 2 aromatic rings. The molecule has 0 saturated carbocycles. The SMILES string of the molecule is CCOc1cc(C)c(C(=O)N(C)CCc2ccncc2)cc1Cl. The molecule has 1 amide bonds. The van der Waals surface area contributed by atoms with Crippen LogP contribution < -0.4 is 4.74 Å². The van der Waals surface area contributed by atoms with Gasteiger partial charge in [0.05, 0.1) is 11.6 Å². The number of likely N-dealkylation sites (N-methyl/N-ethyl adjacent to an activating group) is 1. The van der Waals surface area contributed by atoms with Crippen molar-refractivity contribution >= 4 is 17.5 Å². The molecule has 23 heavy (non-hydrogen) atoms. The van der Waals surface area contributed by atoms with Gasteiger partial charge in [0, 0.05) is 31.5 Å². The normalized spacial score (nSPS) is 10.4. The van der Waals surface area contributed by atoms with Gasteiger partial charge in [0.15, 0.2) is 0 Å². The molecule has 0 bridgehead atoms. The van der Waals surface area contributed by atoms with Crippen LogP contribution in [0.15, 0.2) is 36.7 Å². The second kappa shape index (κ2) is 7.97. The second-order valence-corrected chi connectivity index (χ2v) is 5.77. The molecule has 0 N–H and O–H groups in total. The number of aryl methyl sites for hydroxylation is 1. The van der Waals surface area contributed by atoms with E-state index in [2.05, 4.69) is 4.98 Å². The van der Waals surface area contributed by atoms with Crippen molar-refractivity contribution in [3.8, 4) is 5.75 Å². The van der Waals surface area contributed by atoms with Gasteiger partial charge < -0.3 is 9.64 Å². The monoisotopic (exact) mass is 332 g/mol. The summed E-state index contributed by atoms with van der Waals surface area (Å²) in [5.41, 5.74) is 2.62. The van der Waals surface area contributed by atoms with Gasteiger partial charge in [-0.1, -0.05) is 11.6 Å². The highest BCUT2D eigenvalue weighted by molar-refractivity contribution is 6.32. The van der Waals surface area contributed by atoms with Gasteiger partial charge in [-0.3, -0.25) is 9.78 Å². The zero-order valence-corrected chi connectivity index (χ0v) is 14.4. The number of carbonyl (C=O) groups is 1. The summed E-state index contributed by atoms with van der Waals surface area (Å²) in [4.78, 5) is 18.3. The van der Waals surface area contributed by atoms with Crippen molar-refractivity contribution in [3.05, 3.63) is 58.4 Å². The van der Waals surface area contributed by atoms with E-state index in [1.54, 1.807) is 30.4 Å². The van der Waals surface area contributed by atoms with Crippen molar-refractivity contribution in [3.63, 3.8) is 0 Å². The van der Waals surface area contributed by atoms with Crippen molar-refractivity contribution in [1.29, 1.82) is 0 Å². The molecule has 0 radical (unpaired) electrons. The van der Waals surface area contributed by atoms with Crippen LogP contribution in [0.25, 0.3) is 0 Å². The van der Waals surface area contributed by atoms with Crippen LogP contribution in [0.4, 0.5) is 0 Å². The van der Waals surface area contributed by atoms with E-state index in [4.69, 9.17) is 16.3 Å². The Balaban J connectivity index is 2.08. The van der Waals surface area contributed by atoms with Crippen LogP contribution in [0.5, 0.6) is 5.75 Å². The van der Waals surface area contributed by atoms with Crippen LogP contribution in [0.3, 0.4) is 0 Å². The lowest BCUT2D eigenvalue weighted by atomic mass is 10.1. The molecule has 0 saturated heterocycles. The smallest absolute Gasteiger partial charge is 0.253 e. The van der Waals surface area contributed by atoms with E-state index in [1.165, 1.54) is 0 Å². The average molecular weight is 333 g/mol. The van der Waals surface area contributed by atoms with E-state index in [-0.39, 0.29) is 5.91 Å². The summed E-state index contributed by atoms with van der Waals surface area (Å²) >= 11 is 6.20. The summed E-state index contributed by atoms with van der Waals surface area (Å²) in [5, 5.41) is 0.461. The molecular weight excluding hydrogens is 312 g/mol. The number of rotatable bonds is 6. The summed E-state index contributed by atoms with van der Waals surface area (Å²) in [6.07, 6.45) is 4.30. The zero-order valence-electron chi connectivity index (χ0n) is 13.7. The Morgan fingerprint density at radius 3 is 2.65 bits per heavy atom. The standard InChI is InChI=1S/C18H21ClN2O2/c1-4-23-17-11-13(2)15(12-16(17)19)18(22)21(3)10-7-14-5-8-20-9-6-14/h5-6,8-9,11-12H,4,7,10H2,1-3H3. The maximum absolute atomic E-state index is 12.6. The fourth-order valence-corrected chi connectivity index (χ4v) is 2.52. The van der Waals surface area contributed by atoms with Gasteiger partial charge in [-0.15, -0.1) is 0 Å². The first-order chi connectivity index (χ1) is 11.0. The van der Waals surface area contributed by atoms with Crippen molar-refractivity contribution in [1.82, 2.24) is 9.88 Å². The average Bonchev–Trinajstić information content (AvgIpc) is 2.56. The molecule has 122 valence electrons. The van der Waals surface area contributed by atoms with Crippen LogP contribution >= 0.6 is 11.6 Å². The number of halogens is 1. The van der Waals surface area contributed by atoms with E-state index in [9.17, 15) is 4.79 Å². The molecule has 4 nitrogen and oxygen atoms in total. The topological polar surface area (TPSA) is 42.4 Å². The van der Waals surface area contributed by atoms with Gasteiger partial charge in [-0.05, 0) is 55.7 Å². The number of ether oxygens (including phenoxy) is 1. The maximum Gasteiger partial charge on any atom is 0.253 e. The molecule has 0 aliphatic carbocycles. The van der Waals surface area contributed by atoms with Crippen molar-refractivity contribution in [2.75, 3.05) is 20.2 Å². The summed E-state index contributed by atoms with van der Waals surface area (Å²) in [6.45, 7) is 4.96. The van der Waals surface area contributed by atoms with Crippen molar-refractivity contribution in [2.24, 2.45) is 0 Å². The highest BCUT2D eigenvalue weighted by Gasteiger charge is 2.17. The second-order valence-electron chi connectivity index (χ2n) is 5.36. The number of pyridine rings is 1. The molecular formula is C18H21ClN2O2. The third kappa shape index (κ3) is 4.45. The summed E-state index contributed by atoms with van der Waals surface area (Å²) in [6, 6.07) is 7.41. The van der Waals surface area contributed by atoms with Crippen LogP contribution in [-0.2, 0) is 6.42 Å². The minimum absolute atomic E-state index is 0.0403. The Hall–Kier alpha value is -2.07. The van der Waals surface area contributed by atoms with E-state index >= 15 is 0 Å². The van der Waals surface area contributed by atoms with Crippen molar-refractivity contribution in [2.45, 2.75) is 20.3 Å². The molecule has 0 aliphatic heterocycles. The van der Waals surface area contributed by atoms with Gasteiger partial charge in [0.1, 0.15) is 5.75 Å². The molecule has 0 atom stereocenters. The molecule has 0 aliphatic rings. The first kappa shape index (κ1) is 17.3. The van der Waals surface area contributed by atoms with Gasteiger partial charge in [0.25, 0.3) is 5.91 Å². The quantitative estimate of drug-likeness (QED) is 0.809. The van der Waals surface area contributed by atoms with Gasteiger partial charge in [-0.2, -0.15) is 0 Å². The van der Waals surface area contributed by atoms with E-state index in [1.807, 2.05) is 32.0 Å². The van der Waals surface area contributed by atoms with Gasteiger partial charge in [-0.25, -0.2) is 0 Å². The number of benzene rings is 1. The number of hydrogen-bond donors (Lipinski definition) is 0. The molecule has 1 aromatic heterocycles. The predicted molar refractivity (Wildman–Crippen MR) is 92.3 cm³/mol.